The Morgan fingerprint density at radius 2 is 0.400 bits per heavy atom. The summed E-state index contributed by atoms with van der Waals surface area (Å²) in [6, 6.07) is 0. The van der Waals surface area contributed by atoms with Gasteiger partial charge in [0.25, 0.3) is 0 Å². The number of aliphatic carboxylic acids is 6. The van der Waals surface area contributed by atoms with E-state index < -0.39 is 35.8 Å². The van der Waals surface area contributed by atoms with Gasteiger partial charge in [-0.3, -0.25) is 0 Å². The van der Waals surface area contributed by atoms with Gasteiger partial charge in [-0.15, -0.1) is 0 Å². The Labute approximate surface area is 96.3 Å². The van der Waals surface area contributed by atoms with E-state index in [0.717, 1.165) is 0 Å². The molecule has 0 amide bonds. The van der Waals surface area contributed by atoms with E-state index in [4.69, 9.17) is 59.4 Å². The normalized spacial score (nSPS) is 6.60. The van der Waals surface area contributed by atoms with Gasteiger partial charge in [-0.1, -0.05) is 0 Å². The van der Waals surface area contributed by atoms with Crippen LogP contribution in [-0.2, 0) is 28.8 Å². The van der Waals surface area contributed by atoms with Crippen molar-refractivity contribution in [3.8, 4) is 0 Å². The molecule has 0 aromatic rings. The third kappa shape index (κ3) is 38.5. The van der Waals surface area contributed by atoms with Crippen molar-refractivity contribution >= 4 is 35.8 Å². The number of hydrogen-bond donors (Lipinski definition) is 6. The van der Waals surface area contributed by atoms with Crippen molar-refractivity contribution in [3.63, 3.8) is 0 Å². The average Bonchev–Trinajstić information content (AvgIpc) is 2.18. The first-order chi connectivity index (χ1) is 7.93. The Morgan fingerprint density at radius 3 is 0.400 bits per heavy atom. The van der Waals surface area contributed by atoms with Crippen LogP contribution in [0.15, 0.2) is 0 Å². The third-order valence-corrected chi connectivity index (χ3v) is 0.549. The van der Waals surface area contributed by atoms with Gasteiger partial charge in [0.2, 0.25) is 0 Å². The Morgan fingerprint density at radius 1 is 0.350 bits per heavy atom. The zero-order chi connectivity index (χ0) is 15.5. The predicted octanol–water partition coefficient (Wildman–Crippen LogP) is -2.53. The van der Waals surface area contributed by atoms with Crippen molar-refractivity contribution < 1.29 is 59.4 Å². The third-order valence-electron chi connectivity index (χ3n) is 0.549. The van der Waals surface area contributed by atoms with Crippen LogP contribution in [0, 0.1) is 0 Å². The molecule has 14 heteroatoms. The molecule has 0 aliphatic carbocycles. The Balaban J connectivity index is -0.0000000536. The first-order valence-electron chi connectivity index (χ1n) is 3.32. The topological polar surface area (TPSA) is 224 Å². The second-order valence-electron chi connectivity index (χ2n) is 1.83. The van der Waals surface area contributed by atoms with Crippen LogP contribution in [0.25, 0.3) is 0 Å². The molecule has 12 nitrogen and oxygen atoms in total. The summed E-state index contributed by atoms with van der Waals surface area (Å²) in [7, 11) is 0. The van der Waals surface area contributed by atoms with E-state index in [-0.39, 0.29) is 0 Å². The van der Waals surface area contributed by atoms with E-state index in [1.54, 1.807) is 0 Å². The van der Waals surface area contributed by atoms with Crippen LogP contribution in [0.1, 0.15) is 0 Å². The molecule has 0 heterocycles. The monoisotopic (exact) mass is 756 g/mol. The molecule has 0 aliphatic heterocycles. The van der Waals surface area contributed by atoms with Gasteiger partial charge in [-0.05, 0) is 0 Å². The van der Waals surface area contributed by atoms with Crippen molar-refractivity contribution in [3.05, 3.63) is 0 Å². The molecule has 6 N–H and O–H groups in total. The van der Waals surface area contributed by atoms with Gasteiger partial charge >= 0.3 is 35.8 Å². The molecule has 0 bridgehead atoms. The Hall–Kier alpha value is -5.18. The van der Waals surface area contributed by atoms with E-state index in [0.29, 0.717) is 0 Å². The van der Waals surface area contributed by atoms with Crippen LogP contribution in [0.5, 0.6) is 0 Å². The summed E-state index contributed by atoms with van der Waals surface area (Å²) in [5.41, 5.74) is 0. The summed E-state index contributed by atoms with van der Waals surface area (Å²) in [5.74, 6) is -10.9. The van der Waals surface area contributed by atoms with Crippen molar-refractivity contribution in [1.29, 1.82) is 0 Å². The quantitative estimate of drug-likeness (QED) is 0.141. The van der Waals surface area contributed by atoms with Crippen LogP contribution < -0.4 is 0 Å². The smallest absolute Gasteiger partial charge is 0.414 e. The first-order valence-corrected chi connectivity index (χ1v) is 3.32. The molecule has 0 unspecified atom stereocenters. The fourth-order valence-corrected chi connectivity index (χ4v) is 0. The van der Waals surface area contributed by atoms with Crippen molar-refractivity contribution in [2.75, 3.05) is 0 Å². The van der Waals surface area contributed by atoms with Gasteiger partial charge in [-0.25, -0.2) is 28.8 Å². The van der Waals surface area contributed by atoms with E-state index in [9.17, 15) is 0 Å². The van der Waals surface area contributed by atoms with Gasteiger partial charge in [0.05, 0.1) is 0 Å². The molecular weight excluding hydrogens is 758 g/mol. The summed E-state index contributed by atoms with van der Waals surface area (Å²) in [5, 5.41) is 44.3. The molecule has 0 radical (unpaired) electrons. The maximum atomic E-state index is 9.10. The number of carboxylic acid groups (broad SMARTS) is 6. The summed E-state index contributed by atoms with van der Waals surface area (Å²) in [6.45, 7) is 0. The van der Waals surface area contributed by atoms with Crippen molar-refractivity contribution in [2.24, 2.45) is 0 Å². The van der Waals surface area contributed by atoms with Crippen LogP contribution in [0.4, 0.5) is 0 Å². The zero-order valence-electron chi connectivity index (χ0n) is 8.84. The molecular formula is C6H6Cm2O12. The molecule has 0 aromatic heterocycles. The molecule has 0 aliphatic rings. The van der Waals surface area contributed by atoms with Crippen LogP contribution in [-0.4, -0.2) is 66.5 Å². The molecule has 0 aromatic carbocycles. The summed E-state index contributed by atoms with van der Waals surface area (Å²) >= 11 is 0. The van der Waals surface area contributed by atoms with Crippen molar-refractivity contribution in [2.45, 2.75) is 0 Å². The van der Waals surface area contributed by atoms with E-state index >= 15 is 0 Å². The molecule has 0 rings (SSSR count). The van der Waals surface area contributed by atoms with Crippen LogP contribution in [0.2, 0.25) is 0 Å². The minimum Gasteiger partial charge on any atom is -0.473 e. The largest absolute Gasteiger partial charge is 0.473 e. The fraction of sp³-hybridized carbons (Fsp3) is 0. The van der Waals surface area contributed by atoms with Gasteiger partial charge in [-0.2, -0.15) is 0 Å². The molecule has 118 valence electrons. The van der Waals surface area contributed by atoms with Gasteiger partial charge < -0.3 is 30.6 Å². The SMILES string of the molecule is O=C(O)C(=O)O.O=C(O)C(=O)O.O=C(O)C(=O)O.[Cm].[Cm]. The van der Waals surface area contributed by atoms with E-state index in [2.05, 4.69) is 0 Å². The number of rotatable bonds is 0. The second-order valence-corrected chi connectivity index (χ2v) is 1.83. The fourth-order valence-electron chi connectivity index (χ4n) is 0. The second kappa shape index (κ2) is 13.8. The predicted molar refractivity (Wildman–Crippen MR) is 45.8 cm³/mol. The summed E-state index contributed by atoms with van der Waals surface area (Å²) in [4.78, 5) is 54.6. The minimum absolute atomic E-state index is 0. The summed E-state index contributed by atoms with van der Waals surface area (Å²) < 4.78 is 0. The molecule has 20 heavy (non-hydrogen) atoms. The maximum absolute atomic E-state index is 9.10. The summed E-state index contributed by atoms with van der Waals surface area (Å²) in [6.07, 6.45) is 0. The van der Waals surface area contributed by atoms with Gasteiger partial charge in [0.15, 0.2) is 0 Å². The van der Waals surface area contributed by atoms with Gasteiger partial charge in [0.1, 0.15) is 0 Å². The van der Waals surface area contributed by atoms with E-state index in [1.807, 2.05) is 0 Å². The van der Waals surface area contributed by atoms with Gasteiger partial charge in [0, 0.05) is 0 Å². The number of hydrogen-bond acceptors (Lipinski definition) is 6. The number of carboxylic acids is 6. The first kappa shape index (κ1) is 29.4. The maximum Gasteiger partial charge on any atom is 0.414 e. The molecule has 0 atom stereocenters. The standard InChI is InChI=1S/3C2H2O4.2Cm/c3*3-1(4)2(5)6;;/h3*(H,3,4)(H,5,6);;. The van der Waals surface area contributed by atoms with Crippen molar-refractivity contribution in [1.82, 2.24) is 0 Å². The molecule has 0 spiro atoms. The molecule has 0 saturated carbocycles. The zero-order valence-corrected chi connectivity index (χ0v) is 14.7. The molecule has 0 fully saturated rings. The van der Waals surface area contributed by atoms with Crippen LogP contribution >= 0.6 is 0 Å². The Kier molecular flexibility index (Phi) is 20.3. The number of carbonyl (C=O) groups is 6. The minimum atomic E-state index is -1.82. The van der Waals surface area contributed by atoms with Crippen LogP contribution in [0.3, 0.4) is 0 Å². The average molecular weight is 764 g/mol. The molecule has 0 saturated heterocycles. The Bertz CT molecular complexity index is 281. The van der Waals surface area contributed by atoms with E-state index in [1.165, 1.54) is 0 Å².